The Hall–Kier alpha value is -5.27. The lowest BCUT2D eigenvalue weighted by atomic mass is 10.0. The molecule has 9 nitrogen and oxygen atoms in total. The zero-order valence-corrected chi connectivity index (χ0v) is 21.8. The van der Waals surface area contributed by atoms with E-state index in [-0.39, 0.29) is 35.4 Å². The van der Waals surface area contributed by atoms with Gasteiger partial charge < -0.3 is 9.84 Å². The van der Waals surface area contributed by atoms with Gasteiger partial charge >= 0.3 is 12.1 Å². The molecule has 0 saturated heterocycles. The molecule has 41 heavy (non-hydrogen) atoms. The Balaban J connectivity index is 1.51. The monoisotopic (exact) mass is 575 g/mol. The van der Waals surface area contributed by atoms with Crippen LogP contribution in [0.4, 0.5) is 13.2 Å². The molecule has 0 spiro atoms. The number of ether oxygens (including phenoxy) is 1. The number of thiophene rings is 1. The molecule has 0 amide bonds. The third-order valence-corrected chi connectivity index (χ3v) is 7.36. The van der Waals surface area contributed by atoms with Crippen LogP contribution in [-0.2, 0) is 12.7 Å². The fraction of sp³-hybridized carbons (Fsp3) is 0.143. The van der Waals surface area contributed by atoms with Gasteiger partial charge in [-0.05, 0) is 43.3 Å². The fourth-order valence-corrected chi connectivity index (χ4v) is 5.48. The minimum absolute atomic E-state index is 0.0449. The zero-order chi connectivity index (χ0) is 29.5. The Morgan fingerprint density at radius 3 is 2.61 bits per heavy atom. The summed E-state index contributed by atoms with van der Waals surface area (Å²) in [6, 6.07) is 11.5. The number of benzene rings is 2. The summed E-state index contributed by atoms with van der Waals surface area (Å²) < 4.78 is 47.6. The van der Waals surface area contributed by atoms with E-state index in [1.165, 1.54) is 34.4 Å². The van der Waals surface area contributed by atoms with Crippen LogP contribution in [0.15, 0.2) is 52.8 Å². The third kappa shape index (κ3) is 4.95. The topological polar surface area (TPSA) is 142 Å². The molecule has 0 bridgehead atoms. The molecule has 13 heteroatoms. The number of nitriles is 2. The number of fused-ring (bicyclic) bond motifs is 2. The van der Waals surface area contributed by atoms with Crippen LogP contribution in [0.5, 0.6) is 5.75 Å². The number of nitrogens with zero attached hydrogens (tertiary/aromatic N) is 5. The Bertz CT molecular complexity index is 2020. The van der Waals surface area contributed by atoms with Crippen molar-refractivity contribution in [3.63, 3.8) is 0 Å². The van der Waals surface area contributed by atoms with Crippen molar-refractivity contribution in [1.29, 1.82) is 10.5 Å². The van der Waals surface area contributed by atoms with Crippen molar-refractivity contribution < 1.29 is 27.8 Å². The fourth-order valence-electron chi connectivity index (χ4n) is 4.45. The molecule has 0 unspecified atom stereocenters. The molecule has 5 aromatic rings. The lowest BCUT2D eigenvalue weighted by Gasteiger charge is -2.16. The predicted molar refractivity (Wildman–Crippen MR) is 143 cm³/mol. The van der Waals surface area contributed by atoms with E-state index >= 15 is 0 Å². The minimum atomic E-state index is -4.71. The molecule has 0 aliphatic rings. The van der Waals surface area contributed by atoms with E-state index in [1.807, 2.05) is 0 Å². The number of carboxylic acid groups (broad SMARTS) is 1. The van der Waals surface area contributed by atoms with E-state index < -0.39 is 28.8 Å². The number of hydrogen-bond acceptors (Lipinski definition) is 8. The van der Waals surface area contributed by atoms with Crippen LogP contribution >= 0.6 is 11.3 Å². The maximum absolute atomic E-state index is 13.3. The van der Waals surface area contributed by atoms with E-state index in [0.717, 1.165) is 6.07 Å². The van der Waals surface area contributed by atoms with Gasteiger partial charge in [-0.3, -0.25) is 14.3 Å². The van der Waals surface area contributed by atoms with Gasteiger partial charge in [-0.25, -0.2) is 9.78 Å². The van der Waals surface area contributed by atoms with Crippen LogP contribution in [0.25, 0.3) is 32.2 Å². The number of carboxylic acids is 1. The third-order valence-electron chi connectivity index (χ3n) is 6.35. The van der Waals surface area contributed by atoms with Gasteiger partial charge in [-0.2, -0.15) is 23.7 Å². The van der Waals surface area contributed by atoms with Gasteiger partial charge in [0.05, 0.1) is 56.0 Å². The zero-order valence-electron chi connectivity index (χ0n) is 21.0. The highest BCUT2D eigenvalue weighted by Crippen LogP contribution is 2.39. The smallest absolute Gasteiger partial charge is 0.416 e. The molecule has 0 aliphatic carbocycles. The number of hydrogen-bond donors (Lipinski definition) is 1. The van der Waals surface area contributed by atoms with Crippen LogP contribution in [0.2, 0.25) is 0 Å². The number of aryl methyl sites for hydroxylation is 1. The first-order chi connectivity index (χ1) is 19.5. The van der Waals surface area contributed by atoms with Crippen molar-refractivity contribution in [2.24, 2.45) is 0 Å². The van der Waals surface area contributed by atoms with Crippen LogP contribution in [-0.4, -0.2) is 32.2 Å². The normalized spacial score (nSPS) is 11.4. The van der Waals surface area contributed by atoms with Gasteiger partial charge in [0.1, 0.15) is 24.3 Å². The number of aromatic carboxylic acids is 1. The molecular weight excluding hydrogens is 559 g/mol. The van der Waals surface area contributed by atoms with E-state index in [0.29, 0.717) is 38.7 Å². The molecule has 0 fully saturated rings. The Kier molecular flexibility index (Phi) is 6.91. The molecule has 0 atom stereocenters. The molecule has 3 aromatic heterocycles. The van der Waals surface area contributed by atoms with E-state index in [4.69, 9.17) is 4.74 Å². The first kappa shape index (κ1) is 27.3. The quantitative estimate of drug-likeness (QED) is 0.279. The molecule has 1 N–H and O–H groups in total. The Morgan fingerprint density at radius 1 is 1.15 bits per heavy atom. The number of rotatable bonds is 6. The largest absolute Gasteiger partial charge is 0.491 e. The van der Waals surface area contributed by atoms with Gasteiger partial charge in [0.2, 0.25) is 0 Å². The summed E-state index contributed by atoms with van der Waals surface area (Å²) in [5, 5.41) is 29.6. The summed E-state index contributed by atoms with van der Waals surface area (Å²) in [6.45, 7) is 1.34. The highest BCUT2D eigenvalue weighted by Gasteiger charge is 2.32. The lowest BCUT2D eigenvalue weighted by molar-refractivity contribution is -0.137. The molecule has 0 radical (unpaired) electrons. The molecule has 2 aromatic carbocycles. The van der Waals surface area contributed by atoms with Gasteiger partial charge in [0.25, 0.3) is 5.56 Å². The maximum Gasteiger partial charge on any atom is 0.416 e. The number of halogens is 3. The predicted octanol–water partition coefficient (Wildman–Crippen LogP) is 5.52. The second kappa shape index (κ2) is 10.4. The molecule has 204 valence electrons. The average Bonchev–Trinajstić information content (AvgIpc) is 3.38. The van der Waals surface area contributed by atoms with Crippen molar-refractivity contribution in [3.8, 4) is 29.0 Å². The second-order valence-electron chi connectivity index (χ2n) is 8.81. The second-order valence-corrected chi connectivity index (χ2v) is 9.68. The van der Waals surface area contributed by atoms with Gasteiger partial charge in [0.15, 0.2) is 0 Å². The first-order valence-corrected chi connectivity index (χ1v) is 12.7. The molecule has 0 aliphatic heterocycles. The number of carbonyl (C=O) groups is 1. The average molecular weight is 576 g/mol. The summed E-state index contributed by atoms with van der Waals surface area (Å²) in [5.74, 6) is -0.652. The molecule has 0 saturated carbocycles. The van der Waals surface area contributed by atoms with E-state index in [2.05, 4.69) is 16.0 Å². The van der Waals surface area contributed by atoms with E-state index in [9.17, 15) is 38.4 Å². The van der Waals surface area contributed by atoms with Crippen molar-refractivity contribution in [1.82, 2.24) is 14.5 Å². The molecule has 3 heterocycles. The SMILES string of the molecule is Cc1nc2cc(C(F)(F)F)cc(C#N)c2c(=O)n1CCOc1ccc(C#N)cc1-c1ccnc2c(C(=O)O)csc12. The standard InChI is InChI=1S/C28H16F3N5O4S/c1-14-35-21-10-17(28(29,30)31)9-16(12-33)23(21)26(37)36(14)6-7-40-22-3-2-15(11-32)8-19(22)18-4-5-34-24-20(27(38)39)13-41-25(18)24/h2-5,8-10,13H,6-7H2,1H3,(H,38,39). The van der Waals surface area contributed by atoms with Gasteiger partial charge in [0, 0.05) is 22.7 Å². The van der Waals surface area contributed by atoms with Crippen molar-refractivity contribution in [2.75, 3.05) is 6.61 Å². The minimum Gasteiger partial charge on any atom is -0.491 e. The lowest BCUT2D eigenvalue weighted by Crippen LogP contribution is -2.27. The molecule has 5 rings (SSSR count). The van der Waals surface area contributed by atoms with Crippen molar-refractivity contribution in [3.05, 3.63) is 86.4 Å². The van der Waals surface area contributed by atoms with Gasteiger partial charge in [-0.15, -0.1) is 11.3 Å². The summed E-state index contributed by atoms with van der Waals surface area (Å²) in [5.41, 5.74) is -0.658. The summed E-state index contributed by atoms with van der Waals surface area (Å²) in [4.78, 5) is 33.2. The summed E-state index contributed by atoms with van der Waals surface area (Å²) in [7, 11) is 0. The van der Waals surface area contributed by atoms with Crippen LogP contribution < -0.4 is 10.3 Å². The van der Waals surface area contributed by atoms with E-state index in [1.54, 1.807) is 30.3 Å². The highest BCUT2D eigenvalue weighted by molar-refractivity contribution is 7.18. The number of aromatic nitrogens is 3. The Morgan fingerprint density at radius 2 is 1.93 bits per heavy atom. The van der Waals surface area contributed by atoms with Crippen LogP contribution in [0.3, 0.4) is 0 Å². The summed E-state index contributed by atoms with van der Waals surface area (Å²) in [6.07, 6.45) is -3.25. The maximum atomic E-state index is 13.3. The number of alkyl halides is 3. The highest BCUT2D eigenvalue weighted by atomic mass is 32.1. The van der Waals surface area contributed by atoms with Crippen LogP contribution in [0.1, 0.15) is 32.9 Å². The summed E-state index contributed by atoms with van der Waals surface area (Å²) >= 11 is 1.19. The van der Waals surface area contributed by atoms with Crippen molar-refractivity contribution in [2.45, 2.75) is 19.6 Å². The molecular formula is C28H16F3N5O4S. The van der Waals surface area contributed by atoms with Gasteiger partial charge in [-0.1, -0.05) is 0 Å². The first-order valence-electron chi connectivity index (χ1n) is 11.8. The Labute approximate surface area is 232 Å². The van der Waals surface area contributed by atoms with Crippen molar-refractivity contribution >= 4 is 38.4 Å². The van der Waals surface area contributed by atoms with Crippen LogP contribution in [0, 0.1) is 29.6 Å². The number of pyridine rings is 1.